The number of fused-ring (bicyclic) bond motifs is 1. The molecule has 0 radical (unpaired) electrons. The van der Waals surface area contributed by atoms with Crippen molar-refractivity contribution in [3.8, 4) is 0 Å². The Morgan fingerprint density at radius 3 is 3.18 bits per heavy atom. The maximum Gasteiger partial charge on any atom is 0.228 e. The first kappa shape index (κ1) is 6.65. The number of allylic oxidation sites excluding steroid dienone is 1. The molecule has 1 amide bonds. The summed E-state index contributed by atoms with van der Waals surface area (Å²) in [4.78, 5) is 12.7. The molecule has 2 heteroatoms. The average Bonchev–Trinajstić information content (AvgIpc) is 2.28. The Morgan fingerprint density at radius 1 is 1.82 bits per heavy atom. The van der Waals surface area contributed by atoms with Gasteiger partial charge in [-0.25, -0.2) is 0 Å². The van der Waals surface area contributed by atoms with Crippen molar-refractivity contribution in [3.63, 3.8) is 0 Å². The van der Waals surface area contributed by atoms with Gasteiger partial charge in [-0.2, -0.15) is 0 Å². The molecule has 1 saturated heterocycles. The van der Waals surface area contributed by atoms with E-state index in [0.717, 1.165) is 12.8 Å². The molecule has 0 aromatic rings. The average molecular weight is 149 g/mol. The molecule has 2 atom stereocenters. The van der Waals surface area contributed by atoms with E-state index >= 15 is 0 Å². The van der Waals surface area contributed by atoms with Crippen LogP contribution in [-0.2, 0) is 4.79 Å². The minimum atomic E-state index is 0.262. The van der Waals surface area contributed by atoms with E-state index in [9.17, 15) is 4.79 Å². The molecule has 0 spiro atoms. The van der Waals surface area contributed by atoms with Crippen LogP contribution in [0.1, 0.15) is 12.8 Å². The zero-order valence-corrected chi connectivity index (χ0v) is 6.36. The van der Waals surface area contributed by atoms with Crippen LogP contribution in [0.25, 0.3) is 0 Å². The Labute approximate surface area is 66.2 Å². The lowest BCUT2D eigenvalue weighted by Crippen LogP contribution is -2.49. The molecule has 2 nitrogen and oxygen atoms in total. The predicted octanol–water partition coefficient (Wildman–Crippen LogP) is 1.31. The van der Waals surface area contributed by atoms with Gasteiger partial charge in [0.15, 0.2) is 0 Å². The van der Waals surface area contributed by atoms with Gasteiger partial charge in [0.05, 0.1) is 6.04 Å². The summed E-state index contributed by atoms with van der Waals surface area (Å²) in [5.74, 6) is 0.794. The normalized spacial score (nSPS) is 33.5. The second kappa shape index (κ2) is 2.22. The monoisotopic (exact) mass is 149 g/mol. The Hall–Kier alpha value is -1.05. The molecule has 0 bridgehead atoms. The van der Waals surface area contributed by atoms with E-state index in [2.05, 4.69) is 12.7 Å². The van der Waals surface area contributed by atoms with Crippen molar-refractivity contribution in [2.45, 2.75) is 18.9 Å². The van der Waals surface area contributed by atoms with Gasteiger partial charge >= 0.3 is 0 Å². The third-order valence-corrected chi connectivity index (χ3v) is 2.46. The fourth-order valence-electron chi connectivity index (χ4n) is 1.77. The molecule has 2 aliphatic heterocycles. The summed E-state index contributed by atoms with van der Waals surface area (Å²) < 4.78 is 0. The molecule has 0 aliphatic carbocycles. The third-order valence-electron chi connectivity index (χ3n) is 2.46. The van der Waals surface area contributed by atoms with Crippen LogP contribution in [0.3, 0.4) is 0 Å². The topological polar surface area (TPSA) is 20.3 Å². The van der Waals surface area contributed by atoms with Crippen LogP contribution in [0.15, 0.2) is 24.9 Å². The maximum atomic E-state index is 10.9. The molecule has 2 aliphatic rings. The van der Waals surface area contributed by atoms with Crippen LogP contribution in [0.2, 0.25) is 0 Å². The highest BCUT2D eigenvalue weighted by Gasteiger charge is 2.41. The van der Waals surface area contributed by atoms with Crippen molar-refractivity contribution < 1.29 is 4.79 Å². The van der Waals surface area contributed by atoms with Crippen LogP contribution >= 0.6 is 0 Å². The number of nitrogens with zero attached hydrogens (tertiary/aromatic N) is 1. The Balaban J connectivity index is 2.04. The van der Waals surface area contributed by atoms with E-state index in [0.29, 0.717) is 12.0 Å². The van der Waals surface area contributed by atoms with Crippen molar-refractivity contribution in [2.75, 3.05) is 0 Å². The summed E-state index contributed by atoms with van der Waals surface area (Å²) in [5, 5.41) is 0. The number of β-lactam (4-membered cyclic amide) rings is 1. The zero-order valence-electron chi connectivity index (χ0n) is 6.36. The molecule has 11 heavy (non-hydrogen) atoms. The van der Waals surface area contributed by atoms with Crippen molar-refractivity contribution >= 4 is 5.91 Å². The molecule has 58 valence electrons. The smallest absolute Gasteiger partial charge is 0.228 e. The van der Waals surface area contributed by atoms with Gasteiger partial charge in [-0.05, 0) is 6.42 Å². The van der Waals surface area contributed by atoms with E-state index in [-0.39, 0.29) is 5.91 Å². The van der Waals surface area contributed by atoms with Crippen molar-refractivity contribution in [1.82, 2.24) is 4.90 Å². The first-order valence-electron chi connectivity index (χ1n) is 3.93. The van der Waals surface area contributed by atoms with Gasteiger partial charge < -0.3 is 4.90 Å². The predicted molar refractivity (Wildman–Crippen MR) is 42.7 cm³/mol. The first-order valence-corrected chi connectivity index (χ1v) is 3.93. The second-order valence-electron chi connectivity index (χ2n) is 3.10. The summed E-state index contributed by atoms with van der Waals surface area (Å²) in [7, 11) is 0. The molecule has 0 N–H and O–H groups in total. The molecule has 2 rings (SSSR count). The van der Waals surface area contributed by atoms with Crippen LogP contribution in [0.5, 0.6) is 0 Å². The van der Waals surface area contributed by atoms with Crippen LogP contribution in [-0.4, -0.2) is 16.8 Å². The summed E-state index contributed by atoms with van der Waals surface area (Å²) in [6.07, 6.45) is 7.65. The van der Waals surface area contributed by atoms with E-state index in [1.807, 2.05) is 17.2 Å². The van der Waals surface area contributed by atoms with Gasteiger partial charge in [-0.3, -0.25) is 4.79 Å². The lowest BCUT2D eigenvalue weighted by Gasteiger charge is -2.36. The maximum absolute atomic E-state index is 10.9. The van der Waals surface area contributed by atoms with Gasteiger partial charge in [-0.1, -0.05) is 12.2 Å². The zero-order chi connectivity index (χ0) is 7.84. The number of amides is 1. The highest BCUT2D eigenvalue weighted by molar-refractivity contribution is 5.85. The van der Waals surface area contributed by atoms with E-state index in [4.69, 9.17) is 0 Å². The van der Waals surface area contributed by atoms with Gasteiger partial charge in [0.1, 0.15) is 0 Å². The minimum absolute atomic E-state index is 0.262. The Morgan fingerprint density at radius 2 is 2.64 bits per heavy atom. The number of rotatable bonds is 2. The second-order valence-corrected chi connectivity index (χ2v) is 3.10. The van der Waals surface area contributed by atoms with E-state index in [1.165, 1.54) is 0 Å². The fraction of sp³-hybridized carbons (Fsp3) is 0.444. The Bertz CT molecular complexity index is 232. The molecule has 1 fully saturated rings. The minimum Gasteiger partial charge on any atom is -0.315 e. The largest absolute Gasteiger partial charge is 0.315 e. The molecule has 0 aromatic heterocycles. The fourth-order valence-corrected chi connectivity index (χ4v) is 1.77. The molecule has 0 unspecified atom stereocenters. The Kier molecular flexibility index (Phi) is 1.34. The van der Waals surface area contributed by atoms with Crippen LogP contribution in [0, 0.1) is 5.92 Å². The quantitative estimate of drug-likeness (QED) is 0.428. The van der Waals surface area contributed by atoms with Gasteiger partial charge in [0.2, 0.25) is 5.91 Å². The molecule has 2 heterocycles. The molecular formula is C9H11NO. The first-order chi connectivity index (χ1) is 5.33. The SMILES string of the molecule is C=CC[C@H]1C=CN2C(=O)C[C@H]12. The van der Waals surface area contributed by atoms with Crippen LogP contribution < -0.4 is 0 Å². The number of carbonyl (C=O) groups is 1. The summed E-state index contributed by atoms with van der Waals surface area (Å²) >= 11 is 0. The lowest BCUT2D eigenvalue weighted by molar-refractivity contribution is -0.141. The molecule has 0 aromatic carbocycles. The standard InChI is InChI=1S/C9H11NO/c1-2-3-7-4-5-10-8(7)6-9(10)11/h2,4-5,7-8H,1,3,6H2/t7-,8+/m0/s1. The summed E-state index contributed by atoms with van der Waals surface area (Å²) in [5.41, 5.74) is 0. The van der Waals surface area contributed by atoms with Crippen molar-refractivity contribution in [3.05, 3.63) is 24.9 Å². The number of carbonyl (C=O) groups excluding carboxylic acids is 1. The summed E-state index contributed by atoms with van der Waals surface area (Å²) in [6.45, 7) is 3.69. The van der Waals surface area contributed by atoms with Gasteiger partial charge in [0.25, 0.3) is 0 Å². The highest BCUT2D eigenvalue weighted by atomic mass is 16.2. The third kappa shape index (κ3) is 0.821. The van der Waals surface area contributed by atoms with Crippen LogP contribution in [0.4, 0.5) is 0 Å². The van der Waals surface area contributed by atoms with E-state index < -0.39 is 0 Å². The lowest BCUT2D eigenvalue weighted by atomic mass is 9.90. The van der Waals surface area contributed by atoms with Crippen molar-refractivity contribution in [2.24, 2.45) is 5.92 Å². The van der Waals surface area contributed by atoms with Gasteiger partial charge in [0, 0.05) is 18.5 Å². The molecule has 0 saturated carbocycles. The highest BCUT2D eigenvalue weighted by Crippen LogP contribution is 2.34. The number of hydrogen-bond donors (Lipinski definition) is 0. The van der Waals surface area contributed by atoms with E-state index in [1.54, 1.807) is 0 Å². The van der Waals surface area contributed by atoms with Gasteiger partial charge in [-0.15, -0.1) is 6.58 Å². The van der Waals surface area contributed by atoms with Crippen molar-refractivity contribution in [1.29, 1.82) is 0 Å². The molecular weight excluding hydrogens is 138 g/mol. The summed E-state index contributed by atoms with van der Waals surface area (Å²) in [6, 6.07) is 0.459. The number of hydrogen-bond acceptors (Lipinski definition) is 1.